The number of hydrogen-bond acceptors (Lipinski definition) is 5. The number of nitrogens with zero attached hydrogens (tertiary/aromatic N) is 1. The molecule has 2 aromatic rings. The summed E-state index contributed by atoms with van der Waals surface area (Å²) < 4.78 is 0. The van der Waals surface area contributed by atoms with Gasteiger partial charge in [0.1, 0.15) is 10.7 Å². The van der Waals surface area contributed by atoms with Crippen molar-refractivity contribution in [3.63, 3.8) is 0 Å². The lowest BCUT2D eigenvalue weighted by Crippen LogP contribution is -2.20. The van der Waals surface area contributed by atoms with Gasteiger partial charge in [-0.25, -0.2) is 4.79 Å². The van der Waals surface area contributed by atoms with Gasteiger partial charge in [-0.05, 0) is 23.6 Å². The average molecular weight is 291 g/mol. The minimum atomic E-state index is -1.26. The van der Waals surface area contributed by atoms with Crippen molar-refractivity contribution in [3.05, 3.63) is 46.6 Å². The Morgan fingerprint density at radius 3 is 2.65 bits per heavy atom. The van der Waals surface area contributed by atoms with Crippen LogP contribution in [0.4, 0.5) is 5.00 Å². The van der Waals surface area contributed by atoms with Crippen molar-refractivity contribution in [1.29, 1.82) is 0 Å². The molecule has 2 aromatic heterocycles. The van der Waals surface area contributed by atoms with Crippen LogP contribution < -0.4 is 11.1 Å². The first-order valence-electron chi connectivity index (χ1n) is 5.37. The van der Waals surface area contributed by atoms with Crippen molar-refractivity contribution in [2.24, 2.45) is 5.73 Å². The first-order chi connectivity index (χ1) is 9.50. The molecule has 0 bridgehead atoms. The average Bonchev–Trinajstić information content (AvgIpc) is 2.87. The zero-order valence-corrected chi connectivity index (χ0v) is 10.8. The van der Waals surface area contributed by atoms with Crippen molar-refractivity contribution in [2.75, 3.05) is 5.32 Å². The first kappa shape index (κ1) is 13.7. The molecular weight excluding hydrogens is 282 g/mol. The van der Waals surface area contributed by atoms with Crippen LogP contribution in [0.3, 0.4) is 0 Å². The number of aromatic carboxylic acids is 1. The molecule has 2 heterocycles. The molecule has 2 amide bonds. The molecular formula is C12H9N3O4S. The highest BCUT2D eigenvalue weighted by Crippen LogP contribution is 2.23. The Kier molecular flexibility index (Phi) is 3.76. The van der Waals surface area contributed by atoms with Gasteiger partial charge in [0, 0.05) is 6.20 Å². The minimum absolute atomic E-state index is 0.163. The Labute approximate surface area is 117 Å². The second-order valence-corrected chi connectivity index (χ2v) is 4.60. The van der Waals surface area contributed by atoms with E-state index in [2.05, 4.69) is 10.3 Å². The minimum Gasteiger partial charge on any atom is -0.478 e. The summed E-state index contributed by atoms with van der Waals surface area (Å²) in [5, 5.41) is 13.3. The van der Waals surface area contributed by atoms with Gasteiger partial charge in [-0.1, -0.05) is 0 Å². The summed E-state index contributed by atoms with van der Waals surface area (Å²) in [5.74, 6) is -2.65. The lowest BCUT2D eigenvalue weighted by atomic mass is 10.2. The van der Waals surface area contributed by atoms with Crippen molar-refractivity contribution in [3.8, 4) is 0 Å². The summed E-state index contributed by atoms with van der Waals surface area (Å²) in [7, 11) is 0. The number of pyridine rings is 1. The molecule has 0 aliphatic rings. The van der Waals surface area contributed by atoms with Gasteiger partial charge >= 0.3 is 5.97 Å². The van der Waals surface area contributed by atoms with Crippen LogP contribution in [0, 0.1) is 0 Å². The van der Waals surface area contributed by atoms with Gasteiger partial charge in [-0.2, -0.15) is 0 Å². The van der Waals surface area contributed by atoms with Crippen molar-refractivity contribution < 1.29 is 19.5 Å². The van der Waals surface area contributed by atoms with Crippen molar-refractivity contribution >= 4 is 34.1 Å². The fraction of sp³-hybridized carbons (Fsp3) is 0. The van der Waals surface area contributed by atoms with E-state index in [0.717, 1.165) is 11.3 Å². The van der Waals surface area contributed by atoms with Crippen LogP contribution in [0.2, 0.25) is 0 Å². The Hall–Kier alpha value is -2.74. The molecule has 0 aliphatic carbocycles. The fourth-order valence-electron chi connectivity index (χ4n) is 1.52. The number of hydrogen-bond donors (Lipinski definition) is 3. The van der Waals surface area contributed by atoms with Crippen LogP contribution >= 0.6 is 11.3 Å². The third-order valence-electron chi connectivity index (χ3n) is 2.41. The number of rotatable bonds is 4. The molecule has 0 atom stereocenters. The number of aromatic nitrogens is 1. The zero-order valence-electron chi connectivity index (χ0n) is 9.99. The van der Waals surface area contributed by atoms with E-state index in [1.54, 1.807) is 5.38 Å². The van der Waals surface area contributed by atoms with Gasteiger partial charge in [-0.3, -0.25) is 14.6 Å². The molecule has 0 aromatic carbocycles. The number of carbonyl (C=O) groups excluding carboxylic acids is 2. The Morgan fingerprint density at radius 1 is 1.25 bits per heavy atom. The first-order valence-corrected chi connectivity index (χ1v) is 6.25. The van der Waals surface area contributed by atoms with Crippen LogP contribution in [-0.4, -0.2) is 27.9 Å². The topological polar surface area (TPSA) is 122 Å². The smallest absolute Gasteiger partial charge is 0.338 e. The normalized spacial score (nSPS) is 10.0. The monoisotopic (exact) mass is 291 g/mol. The van der Waals surface area contributed by atoms with Gasteiger partial charge in [0.25, 0.3) is 11.8 Å². The fourth-order valence-corrected chi connectivity index (χ4v) is 2.31. The third-order valence-corrected chi connectivity index (χ3v) is 3.24. The molecule has 0 saturated carbocycles. The van der Waals surface area contributed by atoms with E-state index in [1.807, 2.05) is 0 Å². The molecule has 20 heavy (non-hydrogen) atoms. The highest BCUT2D eigenvalue weighted by atomic mass is 32.1. The van der Waals surface area contributed by atoms with Crippen LogP contribution in [0.15, 0.2) is 29.8 Å². The Morgan fingerprint density at radius 2 is 2.00 bits per heavy atom. The lowest BCUT2D eigenvalue weighted by Gasteiger charge is -2.06. The summed E-state index contributed by atoms with van der Waals surface area (Å²) in [6, 6.07) is 4.16. The molecule has 102 valence electrons. The number of carboxylic acid groups (broad SMARTS) is 1. The van der Waals surface area contributed by atoms with Crippen molar-refractivity contribution in [1.82, 2.24) is 4.98 Å². The number of primary amides is 1. The van der Waals surface area contributed by atoms with Gasteiger partial charge in [0.2, 0.25) is 0 Å². The Balaban J connectivity index is 2.31. The van der Waals surface area contributed by atoms with Crippen LogP contribution in [0.1, 0.15) is 31.2 Å². The van der Waals surface area contributed by atoms with E-state index in [0.29, 0.717) is 0 Å². The number of nitrogens with one attached hydrogen (secondary N) is 1. The number of anilines is 1. The lowest BCUT2D eigenvalue weighted by molar-refractivity contribution is 0.0691. The number of thiophene rings is 1. The zero-order chi connectivity index (χ0) is 14.7. The maximum atomic E-state index is 12.0. The van der Waals surface area contributed by atoms with Gasteiger partial charge in [-0.15, -0.1) is 11.3 Å². The summed E-state index contributed by atoms with van der Waals surface area (Å²) in [4.78, 5) is 37.9. The summed E-state index contributed by atoms with van der Waals surface area (Å²) >= 11 is 1.11. The van der Waals surface area contributed by atoms with E-state index < -0.39 is 17.8 Å². The maximum absolute atomic E-state index is 12.0. The van der Waals surface area contributed by atoms with Crippen molar-refractivity contribution in [2.45, 2.75) is 0 Å². The molecule has 0 fully saturated rings. The molecule has 7 nitrogen and oxygen atoms in total. The molecule has 8 heteroatoms. The molecule has 4 N–H and O–H groups in total. The number of carbonyl (C=O) groups is 3. The number of amides is 2. The second kappa shape index (κ2) is 5.49. The third kappa shape index (κ3) is 2.64. The molecule has 2 rings (SSSR count). The van der Waals surface area contributed by atoms with E-state index in [4.69, 9.17) is 10.8 Å². The van der Waals surface area contributed by atoms with Crippen LogP contribution in [0.25, 0.3) is 0 Å². The van der Waals surface area contributed by atoms with Gasteiger partial charge in [0.05, 0.1) is 11.1 Å². The molecule has 0 aliphatic heterocycles. The molecule has 0 spiro atoms. The SMILES string of the molecule is NC(=O)c1ccsc1NC(=O)c1ncccc1C(=O)O. The van der Waals surface area contributed by atoms with Gasteiger partial charge in [0.15, 0.2) is 0 Å². The number of carboxylic acids is 1. The van der Waals surface area contributed by atoms with Gasteiger partial charge < -0.3 is 16.2 Å². The predicted molar refractivity (Wildman–Crippen MR) is 72.0 cm³/mol. The highest BCUT2D eigenvalue weighted by molar-refractivity contribution is 7.14. The predicted octanol–water partition coefficient (Wildman–Crippen LogP) is 1.19. The van der Waals surface area contributed by atoms with E-state index in [1.165, 1.54) is 24.4 Å². The molecule has 0 saturated heterocycles. The molecule has 0 radical (unpaired) electrons. The Bertz CT molecular complexity index is 696. The standard InChI is InChI=1S/C12H9N3O4S/c13-9(16)7-3-5-20-11(7)15-10(17)8-6(12(18)19)2-1-4-14-8/h1-5H,(H2,13,16)(H,15,17)(H,18,19). The summed E-state index contributed by atoms with van der Waals surface area (Å²) in [6.07, 6.45) is 1.31. The van der Waals surface area contributed by atoms with Crippen LogP contribution in [0.5, 0.6) is 0 Å². The van der Waals surface area contributed by atoms with Crippen LogP contribution in [-0.2, 0) is 0 Å². The van der Waals surface area contributed by atoms with E-state index >= 15 is 0 Å². The summed E-state index contributed by atoms with van der Waals surface area (Å²) in [5.41, 5.74) is 4.87. The second-order valence-electron chi connectivity index (χ2n) is 3.69. The number of nitrogens with two attached hydrogens (primary N) is 1. The maximum Gasteiger partial charge on any atom is 0.338 e. The largest absolute Gasteiger partial charge is 0.478 e. The van der Waals surface area contributed by atoms with E-state index in [-0.39, 0.29) is 21.8 Å². The van der Waals surface area contributed by atoms with E-state index in [9.17, 15) is 14.4 Å². The summed E-state index contributed by atoms with van der Waals surface area (Å²) in [6.45, 7) is 0. The quantitative estimate of drug-likeness (QED) is 0.781. The highest BCUT2D eigenvalue weighted by Gasteiger charge is 2.20. The molecule has 0 unspecified atom stereocenters.